The molecule has 0 radical (unpaired) electrons. The molecule has 1 aliphatic heterocycles. The van der Waals surface area contributed by atoms with Gasteiger partial charge in [-0.1, -0.05) is 13.3 Å². The van der Waals surface area contributed by atoms with Gasteiger partial charge in [0.15, 0.2) is 0 Å². The SMILES string of the molecule is CCCC(C)N1C(=O)c2ccc(C(=O)O)cc2S1(=O)=O. The molecular weight excluding hydrogens is 282 g/mol. The molecule has 0 aliphatic carbocycles. The van der Waals surface area contributed by atoms with Crippen LogP contribution >= 0.6 is 0 Å². The summed E-state index contributed by atoms with van der Waals surface area (Å²) in [6, 6.07) is 3.10. The smallest absolute Gasteiger partial charge is 0.335 e. The van der Waals surface area contributed by atoms with Crippen LogP contribution in [0.5, 0.6) is 0 Å². The molecule has 0 fully saturated rings. The second-order valence-electron chi connectivity index (χ2n) is 4.76. The van der Waals surface area contributed by atoms with E-state index in [0.29, 0.717) is 6.42 Å². The Kier molecular flexibility index (Phi) is 3.56. The highest BCUT2D eigenvalue weighted by Gasteiger charge is 2.43. The van der Waals surface area contributed by atoms with Crippen LogP contribution in [0.4, 0.5) is 0 Å². The molecule has 0 spiro atoms. The van der Waals surface area contributed by atoms with Gasteiger partial charge >= 0.3 is 5.97 Å². The van der Waals surface area contributed by atoms with Gasteiger partial charge in [-0.25, -0.2) is 17.5 Å². The predicted molar refractivity (Wildman–Crippen MR) is 71.1 cm³/mol. The number of rotatable bonds is 4. The summed E-state index contributed by atoms with van der Waals surface area (Å²) in [6.45, 7) is 3.57. The lowest BCUT2D eigenvalue weighted by molar-refractivity contribution is 0.0695. The van der Waals surface area contributed by atoms with Gasteiger partial charge in [-0.15, -0.1) is 0 Å². The van der Waals surface area contributed by atoms with Crippen molar-refractivity contribution in [3.63, 3.8) is 0 Å². The van der Waals surface area contributed by atoms with Gasteiger partial charge in [0.1, 0.15) is 4.90 Å². The van der Waals surface area contributed by atoms with Crippen molar-refractivity contribution in [2.75, 3.05) is 0 Å². The van der Waals surface area contributed by atoms with Gasteiger partial charge in [-0.2, -0.15) is 0 Å². The van der Waals surface area contributed by atoms with E-state index >= 15 is 0 Å². The normalized spacial score (nSPS) is 17.9. The fourth-order valence-electron chi connectivity index (χ4n) is 2.35. The number of benzene rings is 1. The molecule has 2 rings (SSSR count). The monoisotopic (exact) mass is 297 g/mol. The number of carboxylic acid groups (broad SMARTS) is 1. The average Bonchev–Trinajstić information content (AvgIpc) is 2.57. The first-order valence-corrected chi connectivity index (χ1v) is 7.70. The lowest BCUT2D eigenvalue weighted by Gasteiger charge is -2.22. The van der Waals surface area contributed by atoms with Gasteiger partial charge in [-0.05, 0) is 31.5 Å². The Morgan fingerprint density at radius 2 is 2.05 bits per heavy atom. The number of carbonyl (C=O) groups excluding carboxylic acids is 1. The number of sulfonamides is 1. The molecule has 7 heteroatoms. The van der Waals surface area contributed by atoms with Crippen molar-refractivity contribution in [3.8, 4) is 0 Å². The molecular formula is C13H15NO5S. The Labute approximate surface area is 117 Å². The first-order valence-electron chi connectivity index (χ1n) is 6.26. The Morgan fingerprint density at radius 3 is 2.60 bits per heavy atom. The second kappa shape index (κ2) is 4.90. The third-order valence-electron chi connectivity index (χ3n) is 3.30. The number of amides is 1. The third-order valence-corrected chi connectivity index (χ3v) is 5.24. The summed E-state index contributed by atoms with van der Waals surface area (Å²) in [7, 11) is -3.95. The molecule has 6 nitrogen and oxygen atoms in total. The number of hydrogen-bond acceptors (Lipinski definition) is 4. The largest absolute Gasteiger partial charge is 0.478 e. The second-order valence-corrected chi connectivity index (χ2v) is 6.54. The maximum Gasteiger partial charge on any atom is 0.335 e. The van der Waals surface area contributed by atoms with Gasteiger partial charge in [0.2, 0.25) is 0 Å². The molecule has 20 heavy (non-hydrogen) atoms. The highest BCUT2D eigenvalue weighted by atomic mass is 32.2. The van der Waals surface area contributed by atoms with Gasteiger partial charge in [0, 0.05) is 6.04 Å². The zero-order chi connectivity index (χ0) is 15.1. The molecule has 108 valence electrons. The zero-order valence-electron chi connectivity index (χ0n) is 11.2. The summed E-state index contributed by atoms with van der Waals surface area (Å²) >= 11 is 0. The summed E-state index contributed by atoms with van der Waals surface area (Å²) in [5.74, 6) is -1.81. The lowest BCUT2D eigenvalue weighted by Crippen LogP contribution is -2.37. The molecule has 1 N–H and O–H groups in total. The van der Waals surface area contributed by atoms with E-state index < -0.39 is 27.9 Å². The van der Waals surface area contributed by atoms with Crippen LogP contribution in [0.3, 0.4) is 0 Å². The van der Waals surface area contributed by atoms with Crippen molar-refractivity contribution >= 4 is 21.9 Å². The Hall–Kier alpha value is -1.89. The number of fused-ring (bicyclic) bond motifs is 1. The van der Waals surface area contributed by atoms with Crippen molar-refractivity contribution in [1.82, 2.24) is 4.31 Å². The number of nitrogens with zero attached hydrogens (tertiary/aromatic N) is 1. The van der Waals surface area contributed by atoms with Crippen LogP contribution in [0.25, 0.3) is 0 Å². The minimum Gasteiger partial charge on any atom is -0.478 e. The van der Waals surface area contributed by atoms with Crippen LogP contribution in [0, 0.1) is 0 Å². The number of hydrogen-bond donors (Lipinski definition) is 1. The number of aromatic carboxylic acids is 1. The van der Waals surface area contributed by atoms with Gasteiger partial charge < -0.3 is 5.11 Å². The standard InChI is InChI=1S/C13H15NO5S/c1-3-4-8(2)14-12(15)10-6-5-9(13(16)17)7-11(10)20(14,18)19/h5-8H,3-4H2,1-2H3,(H,16,17). The van der Waals surface area contributed by atoms with E-state index in [-0.39, 0.29) is 16.0 Å². The summed E-state index contributed by atoms with van der Waals surface area (Å²) in [5.41, 5.74) is -0.108. The molecule has 0 saturated heterocycles. The molecule has 1 heterocycles. The Balaban J connectivity index is 2.56. The summed E-state index contributed by atoms with van der Waals surface area (Å²) < 4.78 is 25.6. The third kappa shape index (κ3) is 2.07. The minimum atomic E-state index is -3.95. The Bertz CT molecular complexity index is 680. The number of carboxylic acids is 1. The van der Waals surface area contributed by atoms with E-state index in [0.717, 1.165) is 16.8 Å². The quantitative estimate of drug-likeness (QED) is 0.913. The molecule has 0 aromatic heterocycles. The molecule has 0 bridgehead atoms. The van der Waals surface area contributed by atoms with E-state index in [1.807, 2.05) is 6.92 Å². The van der Waals surface area contributed by atoms with Crippen molar-refractivity contribution < 1.29 is 23.1 Å². The summed E-state index contributed by atoms with van der Waals surface area (Å²) in [4.78, 5) is 22.9. The maximum atomic E-state index is 12.4. The van der Waals surface area contributed by atoms with Crippen LogP contribution in [-0.2, 0) is 10.0 Å². The molecule has 1 aliphatic rings. The first kappa shape index (κ1) is 14.5. The van der Waals surface area contributed by atoms with Gasteiger partial charge in [0.25, 0.3) is 15.9 Å². The lowest BCUT2D eigenvalue weighted by atomic mass is 10.1. The van der Waals surface area contributed by atoms with Crippen LogP contribution in [0.1, 0.15) is 47.4 Å². The summed E-state index contributed by atoms with van der Waals surface area (Å²) in [6.07, 6.45) is 1.31. The van der Waals surface area contributed by atoms with Crippen molar-refractivity contribution in [2.24, 2.45) is 0 Å². The van der Waals surface area contributed by atoms with E-state index in [2.05, 4.69) is 0 Å². The van der Waals surface area contributed by atoms with Crippen LogP contribution < -0.4 is 0 Å². The van der Waals surface area contributed by atoms with Crippen molar-refractivity contribution in [2.45, 2.75) is 37.6 Å². The first-order chi connectivity index (χ1) is 9.30. The topological polar surface area (TPSA) is 91.8 Å². The highest BCUT2D eigenvalue weighted by molar-refractivity contribution is 7.90. The van der Waals surface area contributed by atoms with Gasteiger partial charge in [0.05, 0.1) is 11.1 Å². The molecule has 0 saturated carbocycles. The molecule has 1 aromatic rings. The van der Waals surface area contributed by atoms with E-state index in [9.17, 15) is 18.0 Å². The molecule has 1 atom stereocenters. The van der Waals surface area contributed by atoms with Crippen LogP contribution in [-0.4, -0.2) is 35.7 Å². The highest BCUT2D eigenvalue weighted by Crippen LogP contribution is 2.33. The average molecular weight is 297 g/mol. The van der Waals surface area contributed by atoms with Crippen LogP contribution in [0.2, 0.25) is 0 Å². The zero-order valence-corrected chi connectivity index (χ0v) is 12.0. The van der Waals surface area contributed by atoms with Crippen LogP contribution in [0.15, 0.2) is 23.1 Å². The van der Waals surface area contributed by atoms with Crippen molar-refractivity contribution in [1.29, 1.82) is 0 Å². The van der Waals surface area contributed by atoms with E-state index in [4.69, 9.17) is 5.11 Å². The predicted octanol–water partition coefficient (Wildman–Crippen LogP) is 1.72. The summed E-state index contributed by atoms with van der Waals surface area (Å²) in [5, 5.41) is 8.92. The minimum absolute atomic E-state index is 0.0398. The number of carbonyl (C=O) groups is 2. The molecule has 1 aromatic carbocycles. The molecule has 1 unspecified atom stereocenters. The Morgan fingerprint density at radius 1 is 1.40 bits per heavy atom. The molecule has 1 amide bonds. The fraction of sp³-hybridized carbons (Fsp3) is 0.385. The van der Waals surface area contributed by atoms with E-state index in [1.165, 1.54) is 12.1 Å². The maximum absolute atomic E-state index is 12.4. The van der Waals surface area contributed by atoms with Crippen molar-refractivity contribution in [3.05, 3.63) is 29.3 Å². The van der Waals surface area contributed by atoms with E-state index in [1.54, 1.807) is 6.92 Å². The van der Waals surface area contributed by atoms with Gasteiger partial charge in [-0.3, -0.25) is 4.79 Å². The fourth-order valence-corrected chi connectivity index (χ4v) is 4.17.